The summed E-state index contributed by atoms with van der Waals surface area (Å²) in [6.45, 7) is 1.32. The smallest absolute Gasteiger partial charge is 0.272 e. The predicted octanol–water partition coefficient (Wildman–Crippen LogP) is 1.83. The lowest BCUT2D eigenvalue weighted by molar-refractivity contribution is 0.0776. The molecule has 0 radical (unpaired) electrons. The molecule has 1 aromatic heterocycles. The molecule has 4 nitrogen and oxygen atoms in total. The zero-order valence-corrected chi connectivity index (χ0v) is 10.9. The fourth-order valence-electron chi connectivity index (χ4n) is 2.54. The van der Waals surface area contributed by atoms with Gasteiger partial charge in [-0.1, -0.05) is 6.07 Å². The number of halogens is 1. The van der Waals surface area contributed by atoms with E-state index in [9.17, 15) is 9.18 Å². The third-order valence-electron chi connectivity index (χ3n) is 3.70. The number of fused-ring (bicyclic) bond motifs is 1. The molecule has 20 heavy (non-hydrogen) atoms. The maximum Gasteiger partial charge on any atom is 0.272 e. The van der Waals surface area contributed by atoms with Gasteiger partial charge in [0.15, 0.2) is 0 Å². The molecule has 3 rings (SSSR count). The Morgan fingerprint density at radius 2 is 2.25 bits per heavy atom. The minimum Gasteiger partial charge on any atom is -0.396 e. The standard InChI is InChI=1S/C15H15FN2O2/c16-12-2-4-13-11(7-12)1-3-14(17-13)15(20)18-6-5-10(8-18)9-19/h1-4,7,10,19H,5-6,8-9H2. The Balaban J connectivity index is 1.87. The monoisotopic (exact) mass is 274 g/mol. The topological polar surface area (TPSA) is 53.4 Å². The van der Waals surface area contributed by atoms with Crippen LogP contribution in [0.15, 0.2) is 30.3 Å². The van der Waals surface area contributed by atoms with Crippen LogP contribution in [-0.2, 0) is 0 Å². The number of pyridine rings is 1. The van der Waals surface area contributed by atoms with Gasteiger partial charge in [-0.15, -0.1) is 0 Å². The Morgan fingerprint density at radius 3 is 3.00 bits per heavy atom. The highest BCUT2D eigenvalue weighted by Gasteiger charge is 2.27. The molecule has 0 bridgehead atoms. The van der Waals surface area contributed by atoms with Gasteiger partial charge in [-0.2, -0.15) is 0 Å². The molecule has 1 N–H and O–H groups in total. The SMILES string of the molecule is O=C(c1ccc2cc(F)ccc2n1)N1CCC(CO)C1. The van der Waals surface area contributed by atoms with Crippen molar-refractivity contribution < 1.29 is 14.3 Å². The highest BCUT2D eigenvalue weighted by molar-refractivity contribution is 5.95. The van der Waals surface area contributed by atoms with Crippen LogP contribution in [0.25, 0.3) is 10.9 Å². The zero-order valence-electron chi connectivity index (χ0n) is 10.9. The highest BCUT2D eigenvalue weighted by atomic mass is 19.1. The number of aliphatic hydroxyl groups excluding tert-OH is 1. The van der Waals surface area contributed by atoms with Crippen LogP contribution in [0, 0.1) is 11.7 Å². The average molecular weight is 274 g/mol. The minimum absolute atomic E-state index is 0.105. The number of carbonyl (C=O) groups excluding carboxylic acids is 1. The molecule has 1 fully saturated rings. The zero-order chi connectivity index (χ0) is 14.1. The predicted molar refractivity (Wildman–Crippen MR) is 72.8 cm³/mol. The Bertz CT molecular complexity index is 659. The number of nitrogens with zero attached hydrogens (tertiary/aromatic N) is 2. The number of amides is 1. The molecule has 0 saturated carbocycles. The summed E-state index contributed by atoms with van der Waals surface area (Å²) in [5.74, 6) is -0.288. The van der Waals surface area contributed by atoms with Crippen molar-refractivity contribution in [2.24, 2.45) is 5.92 Å². The first-order chi connectivity index (χ1) is 9.67. The van der Waals surface area contributed by atoms with Gasteiger partial charge in [0.2, 0.25) is 0 Å². The summed E-state index contributed by atoms with van der Waals surface area (Å²) < 4.78 is 13.1. The first-order valence-corrected chi connectivity index (χ1v) is 6.64. The Morgan fingerprint density at radius 1 is 1.40 bits per heavy atom. The van der Waals surface area contributed by atoms with Gasteiger partial charge >= 0.3 is 0 Å². The number of hydrogen-bond acceptors (Lipinski definition) is 3. The quantitative estimate of drug-likeness (QED) is 0.909. The minimum atomic E-state index is -0.316. The van der Waals surface area contributed by atoms with Crippen molar-refractivity contribution in [3.63, 3.8) is 0 Å². The summed E-state index contributed by atoms with van der Waals surface area (Å²) in [6.07, 6.45) is 0.820. The molecule has 1 aromatic carbocycles. The Kier molecular flexibility index (Phi) is 3.36. The maximum atomic E-state index is 13.1. The molecule has 1 aliphatic rings. The number of aromatic nitrogens is 1. The van der Waals surface area contributed by atoms with E-state index in [0.29, 0.717) is 29.7 Å². The van der Waals surface area contributed by atoms with E-state index in [1.54, 1.807) is 23.1 Å². The van der Waals surface area contributed by atoms with E-state index in [0.717, 1.165) is 6.42 Å². The van der Waals surface area contributed by atoms with Crippen molar-refractivity contribution in [3.05, 3.63) is 41.8 Å². The van der Waals surface area contributed by atoms with Gasteiger partial charge in [0, 0.05) is 31.0 Å². The lowest BCUT2D eigenvalue weighted by atomic mass is 10.1. The summed E-state index contributed by atoms with van der Waals surface area (Å²) in [6, 6.07) is 7.63. The molecule has 1 amide bonds. The summed E-state index contributed by atoms with van der Waals surface area (Å²) in [5.41, 5.74) is 0.970. The highest BCUT2D eigenvalue weighted by Crippen LogP contribution is 2.19. The van der Waals surface area contributed by atoms with Crippen molar-refractivity contribution in [2.45, 2.75) is 6.42 Å². The molecule has 1 unspecified atom stereocenters. The summed E-state index contributed by atoms with van der Waals surface area (Å²) in [5, 5.41) is 9.79. The van der Waals surface area contributed by atoms with E-state index in [1.807, 2.05) is 0 Å². The van der Waals surface area contributed by atoms with Crippen LogP contribution in [0.4, 0.5) is 4.39 Å². The van der Waals surface area contributed by atoms with Crippen molar-refractivity contribution in [1.82, 2.24) is 9.88 Å². The third kappa shape index (κ3) is 2.36. The first kappa shape index (κ1) is 13.0. The van der Waals surface area contributed by atoms with Gasteiger partial charge in [-0.25, -0.2) is 9.37 Å². The largest absolute Gasteiger partial charge is 0.396 e. The summed E-state index contributed by atoms with van der Waals surface area (Å²) in [4.78, 5) is 18.3. The molecule has 2 heterocycles. The molecule has 5 heteroatoms. The van der Waals surface area contributed by atoms with Crippen LogP contribution in [0.1, 0.15) is 16.9 Å². The fourth-order valence-corrected chi connectivity index (χ4v) is 2.54. The third-order valence-corrected chi connectivity index (χ3v) is 3.70. The normalized spacial score (nSPS) is 18.7. The second kappa shape index (κ2) is 5.17. The summed E-state index contributed by atoms with van der Waals surface area (Å²) >= 11 is 0. The lowest BCUT2D eigenvalue weighted by Gasteiger charge is -2.15. The number of aliphatic hydroxyl groups is 1. The summed E-state index contributed by atoms with van der Waals surface area (Å²) in [7, 11) is 0. The molecule has 0 aliphatic carbocycles. The van der Waals surface area contributed by atoms with Crippen LogP contribution in [0.5, 0.6) is 0 Å². The van der Waals surface area contributed by atoms with E-state index in [-0.39, 0.29) is 24.2 Å². The van der Waals surface area contributed by atoms with Crippen LogP contribution < -0.4 is 0 Å². The molecular formula is C15H15FN2O2. The van der Waals surface area contributed by atoms with Gasteiger partial charge < -0.3 is 10.0 Å². The van der Waals surface area contributed by atoms with E-state index in [2.05, 4.69) is 4.98 Å². The maximum absolute atomic E-state index is 13.1. The van der Waals surface area contributed by atoms with Crippen molar-refractivity contribution in [1.29, 1.82) is 0 Å². The number of carbonyl (C=O) groups is 1. The van der Waals surface area contributed by atoms with E-state index >= 15 is 0 Å². The van der Waals surface area contributed by atoms with E-state index in [4.69, 9.17) is 5.11 Å². The molecule has 0 spiro atoms. The fraction of sp³-hybridized carbons (Fsp3) is 0.333. The van der Waals surface area contributed by atoms with Gasteiger partial charge in [0.25, 0.3) is 5.91 Å². The van der Waals surface area contributed by atoms with Crippen molar-refractivity contribution in [2.75, 3.05) is 19.7 Å². The molecule has 2 aromatic rings. The van der Waals surface area contributed by atoms with Gasteiger partial charge in [-0.3, -0.25) is 4.79 Å². The number of rotatable bonds is 2. The first-order valence-electron chi connectivity index (χ1n) is 6.64. The molecule has 1 atom stereocenters. The van der Waals surface area contributed by atoms with Gasteiger partial charge in [-0.05, 0) is 30.7 Å². The molecule has 104 valence electrons. The lowest BCUT2D eigenvalue weighted by Crippen LogP contribution is -2.29. The number of hydrogen-bond donors (Lipinski definition) is 1. The second-order valence-electron chi connectivity index (χ2n) is 5.12. The van der Waals surface area contributed by atoms with Crippen molar-refractivity contribution >= 4 is 16.8 Å². The van der Waals surface area contributed by atoms with E-state index < -0.39 is 0 Å². The van der Waals surface area contributed by atoms with Crippen LogP contribution in [0.3, 0.4) is 0 Å². The van der Waals surface area contributed by atoms with Gasteiger partial charge in [0.1, 0.15) is 11.5 Å². The molecule has 1 aliphatic heterocycles. The number of benzene rings is 1. The second-order valence-corrected chi connectivity index (χ2v) is 5.12. The van der Waals surface area contributed by atoms with E-state index in [1.165, 1.54) is 12.1 Å². The van der Waals surface area contributed by atoms with Crippen LogP contribution >= 0.6 is 0 Å². The van der Waals surface area contributed by atoms with Crippen LogP contribution in [0.2, 0.25) is 0 Å². The Labute approximate surface area is 115 Å². The Hall–Kier alpha value is -2.01. The number of likely N-dealkylation sites (tertiary alicyclic amines) is 1. The van der Waals surface area contributed by atoms with Crippen LogP contribution in [-0.4, -0.2) is 40.6 Å². The molecule has 1 saturated heterocycles. The molecular weight excluding hydrogens is 259 g/mol. The van der Waals surface area contributed by atoms with Crippen molar-refractivity contribution in [3.8, 4) is 0 Å². The van der Waals surface area contributed by atoms with Gasteiger partial charge in [0.05, 0.1) is 5.52 Å². The average Bonchev–Trinajstić information content (AvgIpc) is 2.95.